The number of hydrogen-bond acceptors (Lipinski definition) is 1. The molecule has 0 bridgehead atoms. The van der Waals surface area contributed by atoms with Gasteiger partial charge in [-0.3, -0.25) is 4.99 Å². The van der Waals surface area contributed by atoms with Gasteiger partial charge < -0.3 is 0 Å². The van der Waals surface area contributed by atoms with E-state index in [2.05, 4.69) is 57.0 Å². The highest BCUT2D eigenvalue weighted by atomic mass is 14.8. The van der Waals surface area contributed by atoms with Gasteiger partial charge in [0.15, 0.2) is 0 Å². The first-order chi connectivity index (χ1) is 9.06. The second kappa shape index (κ2) is 6.18. The second-order valence-electron chi connectivity index (χ2n) is 6.36. The quantitative estimate of drug-likeness (QED) is 0.719. The number of allylic oxidation sites excluding steroid dienone is 1. The van der Waals surface area contributed by atoms with E-state index in [0.29, 0.717) is 11.8 Å². The van der Waals surface area contributed by atoms with Crippen LogP contribution in [-0.2, 0) is 12.8 Å². The Kier molecular flexibility index (Phi) is 4.57. The van der Waals surface area contributed by atoms with Gasteiger partial charge in [0, 0.05) is 6.21 Å². The number of rotatable bonds is 5. The van der Waals surface area contributed by atoms with Crippen LogP contribution in [-0.4, -0.2) is 6.21 Å². The Bertz CT molecular complexity index is 468. The molecular formula is C18H25N. The molecule has 1 heteroatoms. The van der Waals surface area contributed by atoms with Gasteiger partial charge in [-0.25, -0.2) is 0 Å². The molecule has 1 atom stereocenters. The summed E-state index contributed by atoms with van der Waals surface area (Å²) >= 11 is 0. The summed E-state index contributed by atoms with van der Waals surface area (Å²) in [7, 11) is 0. The molecule has 0 amide bonds. The van der Waals surface area contributed by atoms with Gasteiger partial charge in [0.2, 0.25) is 0 Å². The highest BCUT2D eigenvalue weighted by Crippen LogP contribution is 2.28. The highest BCUT2D eigenvalue weighted by molar-refractivity contribution is 5.74. The average Bonchev–Trinajstić information content (AvgIpc) is 2.81. The normalized spacial score (nSPS) is 17.9. The summed E-state index contributed by atoms with van der Waals surface area (Å²) in [5, 5.41) is 0. The van der Waals surface area contributed by atoms with Crippen LogP contribution in [0.15, 0.2) is 35.3 Å². The van der Waals surface area contributed by atoms with E-state index in [1.54, 1.807) is 0 Å². The summed E-state index contributed by atoms with van der Waals surface area (Å²) in [6, 6.07) is 7.20. The van der Waals surface area contributed by atoms with E-state index in [1.807, 2.05) is 12.3 Å². The van der Waals surface area contributed by atoms with E-state index >= 15 is 0 Å². The molecule has 102 valence electrons. The summed E-state index contributed by atoms with van der Waals surface area (Å²) in [6.07, 6.45) is 8.44. The molecule has 19 heavy (non-hydrogen) atoms. The third kappa shape index (κ3) is 3.79. The van der Waals surface area contributed by atoms with Crippen LogP contribution in [0.3, 0.4) is 0 Å². The monoisotopic (exact) mass is 255 g/mol. The lowest BCUT2D eigenvalue weighted by Gasteiger charge is -2.16. The maximum Gasteiger partial charge on any atom is 0.0936 e. The van der Waals surface area contributed by atoms with Crippen LogP contribution in [0.1, 0.15) is 50.4 Å². The Morgan fingerprint density at radius 1 is 1.05 bits per heavy atom. The Hall–Kier alpha value is -1.37. The molecule has 0 spiro atoms. The maximum atomic E-state index is 4.53. The fraction of sp³-hybridized carbons (Fsp3) is 0.500. The van der Waals surface area contributed by atoms with Crippen molar-refractivity contribution < 1.29 is 0 Å². The molecule has 0 aliphatic carbocycles. The molecule has 0 fully saturated rings. The molecular weight excluding hydrogens is 230 g/mol. The van der Waals surface area contributed by atoms with Crippen LogP contribution in [0, 0.1) is 11.8 Å². The van der Waals surface area contributed by atoms with Crippen molar-refractivity contribution in [1.82, 2.24) is 0 Å². The fourth-order valence-corrected chi connectivity index (χ4v) is 2.69. The molecule has 2 rings (SSSR count). The summed E-state index contributed by atoms with van der Waals surface area (Å²) in [5.41, 5.74) is 4.31. The van der Waals surface area contributed by atoms with Crippen molar-refractivity contribution in [2.45, 2.75) is 46.6 Å². The van der Waals surface area contributed by atoms with Crippen molar-refractivity contribution in [3.05, 3.63) is 47.0 Å². The molecule has 1 aliphatic heterocycles. The van der Waals surface area contributed by atoms with Gasteiger partial charge in [0.1, 0.15) is 0 Å². The number of hydrogen-bond donors (Lipinski definition) is 0. The summed E-state index contributed by atoms with van der Waals surface area (Å²) in [6.45, 7) is 9.12. The minimum atomic E-state index is 0.238. The molecule has 0 N–H and O–H groups in total. The molecule has 0 radical (unpaired) electrons. The third-order valence-electron chi connectivity index (χ3n) is 3.42. The van der Waals surface area contributed by atoms with Crippen molar-refractivity contribution in [3.63, 3.8) is 0 Å². The number of aliphatic imine (C=N–C) groups is 1. The minimum absolute atomic E-state index is 0.238. The fourth-order valence-electron chi connectivity index (χ4n) is 2.69. The van der Waals surface area contributed by atoms with Crippen LogP contribution in [0.5, 0.6) is 0 Å². The summed E-state index contributed by atoms with van der Waals surface area (Å²) in [5.74, 6) is 1.39. The van der Waals surface area contributed by atoms with Crippen molar-refractivity contribution >= 4 is 6.21 Å². The number of nitrogens with zero attached hydrogens (tertiary/aromatic N) is 1. The molecule has 1 unspecified atom stereocenters. The zero-order chi connectivity index (χ0) is 13.8. The van der Waals surface area contributed by atoms with E-state index < -0.39 is 0 Å². The molecule has 0 aromatic heterocycles. The highest BCUT2D eigenvalue weighted by Gasteiger charge is 2.14. The predicted molar refractivity (Wildman–Crippen MR) is 83.9 cm³/mol. The lowest BCUT2D eigenvalue weighted by Crippen LogP contribution is -2.04. The third-order valence-corrected chi connectivity index (χ3v) is 3.42. The molecule has 1 nitrogen and oxygen atoms in total. The first kappa shape index (κ1) is 14.0. The van der Waals surface area contributed by atoms with E-state index in [0.717, 1.165) is 12.8 Å². The molecule has 1 aromatic rings. The van der Waals surface area contributed by atoms with Crippen LogP contribution in [0.25, 0.3) is 0 Å². The zero-order valence-electron chi connectivity index (χ0n) is 12.6. The van der Waals surface area contributed by atoms with Crippen molar-refractivity contribution in [2.75, 3.05) is 0 Å². The van der Waals surface area contributed by atoms with Gasteiger partial charge in [0.05, 0.1) is 6.04 Å². The van der Waals surface area contributed by atoms with E-state index in [1.165, 1.54) is 16.7 Å². The van der Waals surface area contributed by atoms with Crippen LogP contribution in [0.4, 0.5) is 0 Å². The van der Waals surface area contributed by atoms with Gasteiger partial charge in [-0.1, -0.05) is 52.0 Å². The van der Waals surface area contributed by atoms with Crippen LogP contribution in [0.2, 0.25) is 0 Å². The molecule has 1 heterocycles. The average molecular weight is 255 g/mol. The van der Waals surface area contributed by atoms with E-state index in [-0.39, 0.29) is 6.04 Å². The van der Waals surface area contributed by atoms with E-state index in [9.17, 15) is 0 Å². The molecule has 0 saturated heterocycles. The first-order valence-electron chi connectivity index (χ1n) is 7.38. The largest absolute Gasteiger partial charge is 0.281 e. The van der Waals surface area contributed by atoms with Crippen molar-refractivity contribution in [1.29, 1.82) is 0 Å². The van der Waals surface area contributed by atoms with Gasteiger partial charge in [-0.15, -0.1) is 0 Å². The van der Waals surface area contributed by atoms with Gasteiger partial charge in [-0.05, 0) is 47.4 Å². The first-order valence-corrected chi connectivity index (χ1v) is 7.38. The van der Waals surface area contributed by atoms with Gasteiger partial charge in [0.25, 0.3) is 0 Å². The van der Waals surface area contributed by atoms with Gasteiger partial charge in [-0.2, -0.15) is 0 Å². The van der Waals surface area contributed by atoms with Crippen molar-refractivity contribution in [3.8, 4) is 0 Å². The van der Waals surface area contributed by atoms with E-state index in [4.69, 9.17) is 0 Å². The SMILES string of the molecule is CC(C)Cc1ccc(C2C=CC=N2)c(CC(C)C)c1. The predicted octanol–water partition coefficient (Wildman–Crippen LogP) is 4.77. The summed E-state index contributed by atoms with van der Waals surface area (Å²) < 4.78 is 0. The lowest BCUT2D eigenvalue weighted by atomic mass is 9.90. The van der Waals surface area contributed by atoms with Crippen LogP contribution < -0.4 is 0 Å². The molecule has 1 aliphatic rings. The number of benzene rings is 1. The minimum Gasteiger partial charge on any atom is -0.281 e. The second-order valence-corrected chi connectivity index (χ2v) is 6.36. The Balaban J connectivity index is 2.30. The molecule has 1 aromatic carbocycles. The molecule has 0 saturated carbocycles. The maximum absolute atomic E-state index is 4.53. The summed E-state index contributed by atoms with van der Waals surface area (Å²) in [4.78, 5) is 4.53. The Morgan fingerprint density at radius 2 is 1.79 bits per heavy atom. The Labute approximate surface area is 117 Å². The van der Waals surface area contributed by atoms with Crippen LogP contribution >= 0.6 is 0 Å². The smallest absolute Gasteiger partial charge is 0.0936 e. The Morgan fingerprint density at radius 3 is 2.37 bits per heavy atom. The topological polar surface area (TPSA) is 12.4 Å². The zero-order valence-corrected chi connectivity index (χ0v) is 12.6. The van der Waals surface area contributed by atoms with Crippen molar-refractivity contribution in [2.24, 2.45) is 16.8 Å². The lowest BCUT2D eigenvalue weighted by molar-refractivity contribution is 0.631. The standard InChI is InChI=1S/C18H25N/c1-13(2)10-15-7-8-17(18-6-5-9-19-18)16(12-15)11-14(3)4/h5-9,12-14,18H,10-11H2,1-4H3. The van der Waals surface area contributed by atoms with Gasteiger partial charge >= 0.3 is 0 Å².